The summed E-state index contributed by atoms with van der Waals surface area (Å²) in [4.78, 5) is 4.28. The Kier molecular flexibility index (Phi) is 4.65. The Morgan fingerprint density at radius 3 is 2.85 bits per heavy atom. The summed E-state index contributed by atoms with van der Waals surface area (Å²) < 4.78 is 13.1. The number of hydrogen-bond acceptors (Lipinski definition) is 5. The zero-order chi connectivity index (χ0) is 18.8. The number of halogens is 1. The lowest BCUT2D eigenvalue weighted by Gasteiger charge is -2.04. The van der Waals surface area contributed by atoms with Crippen molar-refractivity contribution in [1.29, 1.82) is 5.26 Å². The van der Waals surface area contributed by atoms with E-state index in [9.17, 15) is 0 Å². The Hall–Kier alpha value is -3.11. The van der Waals surface area contributed by atoms with E-state index in [-0.39, 0.29) is 5.69 Å². The van der Waals surface area contributed by atoms with E-state index < -0.39 is 0 Å². The van der Waals surface area contributed by atoms with E-state index in [2.05, 4.69) is 20.9 Å². The lowest BCUT2D eigenvalue weighted by atomic mass is 10.1. The molecule has 1 aliphatic carbocycles. The monoisotopic (exact) mass is 422 g/mol. The molecule has 2 heterocycles. The molecule has 1 aliphatic rings. The zero-order valence-corrected chi connectivity index (χ0v) is 16.1. The standard InChI is InChI=1S/C20H15BrN4O2/c1-26-14-8-6-13(7-9-14)11-25-12-16-15(4-2-3-5-17(16)24-25)20-23-18(10-22)19(21)27-20/h2-4,6-9,12H,5,11H2,1H3. The maximum Gasteiger partial charge on any atom is 0.229 e. The van der Waals surface area contributed by atoms with Gasteiger partial charge < -0.3 is 9.15 Å². The molecule has 7 heteroatoms. The number of nitriles is 1. The summed E-state index contributed by atoms with van der Waals surface area (Å²) in [6.45, 7) is 0.646. The lowest BCUT2D eigenvalue weighted by molar-refractivity contribution is 0.414. The molecule has 0 aliphatic heterocycles. The van der Waals surface area contributed by atoms with Crippen molar-refractivity contribution in [2.45, 2.75) is 13.0 Å². The number of benzene rings is 1. The van der Waals surface area contributed by atoms with Crippen LogP contribution in [0.15, 0.2) is 57.8 Å². The molecule has 0 spiro atoms. The summed E-state index contributed by atoms with van der Waals surface area (Å²) in [5.41, 5.74) is 4.05. The van der Waals surface area contributed by atoms with E-state index in [4.69, 9.17) is 19.5 Å². The molecule has 4 rings (SSSR count). The smallest absolute Gasteiger partial charge is 0.229 e. The van der Waals surface area contributed by atoms with Gasteiger partial charge in [0.15, 0.2) is 5.69 Å². The second-order valence-corrected chi connectivity index (χ2v) is 6.72. The van der Waals surface area contributed by atoms with Gasteiger partial charge >= 0.3 is 0 Å². The minimum absolute atomic E-state index is 0.228. The van der Waals surface area contributed by atoms with Crippen LogP contribution in [0.25, 0.3) is 5.57 Å². The van der Waals surface area contributed by atoms with Gasteiger partial charge in [-0.05, 0) is 39.7 Å². The first-order valence-corrected chi connectivity index (χ1v) is 9.10. The zero-order valence-electron chi connectivity index (χ0n) is 14.5. The molecule has 0 unspecified atom stereocenters. The fourth-order valence-corrected chi connectivity index (χ4v) is 3.27. The van der Waals surface area contributed by atoms with Crippen LogP contribution in [0.2, 0.25) is 0 Å². The van der Waals surface area contributed by atoms with Crippen molar-refractivity contribution in [3.63, 3.8) is 0 Å². The third-order valence-corrected chi connectivity index (χ3v) is 4.80. The second-order valence-electron chi connectivity index (χ2n) is 6.00. The van der Waals surface area contributed by atoms with Crippen LogP contribution in [0.4, 0.5) is 0 Å². The molecule has 0 atom stereocenters. The number of fused-ring (bicyclic) bond motifs is 1. The first kappa shape index (κ1) is 17.3. The summed E-state index contributed by atoms with van der Waals surface area (Å²) in [5, 5.41) is 13.8. The Morgan fingerprint density at radius 1 is 1.33 bits per heavy atom. The van der Waals surface area contributed by atoms with Gasteiger partial charge in [0.2, 0.25) is 10.6 Å². The van der Waals surface area contributed by atoms with Crippen molar-refractivity contribution in [2.24, 2.45) is 0 Å². The number of allylic oxidation sites excluding steroid dienone is 3. The Morgan fingerprint density at radius 2 is 2.15 bits per heavy atom. The molecule has 0 fully saturated rings. The van der Waals surface area contributed by atoms with Crippen LogP contribution in [0.3, 0.4) is 0 Å². The van der Waals surface area contributed by atoms with Crippen LogP contribution in [0.5, 0.6) is 5.75 Å². The lowest BCUT2D eigenvalue weighted by Crippen LogP contribution is -2.01. The predicted molar refractivity (Wildman–Crippen MR) is 103 cm³/mol. The number of aromatic nitrogens is 3. The Bertz CT molecular complexity index is 1080. The van der Waals surface area contributed by atoms with Gasteiger partial charge in [0.1, 0.15) is 11.8 Å². The molecule has 0 saturated carbocycles. The van der Waals surface area contributed by atoms with Crippen molar-refractivity contribution in [3.05, 3.63) is 81.8 Å². The normalized spacial score (nSPS) is 12.9. The maximum absolute atomic E-state index is 9.13. The second kappa shape index (κ2) is 7.25. The van der Waals surface area contributed by atoms with Gasteiger partial charge in [0.05, 0.1) is 19.3 Å². The Balaban J connectivity index is 1.67. The fraction of sp³-hybridized carbons (Fsp3) is 0.150. The molecule has 3 aromatic rings. The van der Waals surface area contributed by atoms with Crippen LogP contribution in [0, 0.1) is 11.3 Å². The van der Waals surface area contributed by atoms with E-state index in [1.807, 2.05) is 59.4 Å². The predicted octanol–water partition coefficient (Wildman–Crippen LogP) is 4.11. The molecule has 0 bridgehead atoms. The quantitative estimate of drug-likeness (QED) is 0.632. The van der Waals surface area contributed by atoms with Crippen molar-refractivity contribution in [2.75, 3.05) is 7.11 Å². The summed E-state index contributed by atoms with van der Waals surface area (Å²) >= 11 is 3.24. The first-order chi connectivity index (χ1) is 13.2. The molecule has 0 saturated heterocycles. The summed E-state index contributed by atoms with van der Waals surface area (Å²) in [6, 6.07) is 9.93. The molecular weight excluding hydrogens is 408 g/mol. The van der Waals surface area contributed by atoms with Crippen molar-refractivity contribution >= 4 is 21.5 Å². The molecule has 6 nitrogen and oxygen atoms in total. The van der Waals surface area contributed by atoms with E-state index in [0.717, 1.165) is 34.6 Å². The molecule has 134 valence electrons. The fourth-order valence-electron chi connectivity index (χ4n) is 2.94. The average Bonchev–Trinajstić information content (AvgIpc) is 3.19. The first-order valence-electron chi connectivity index (χ1n) is 8.31. The number of rotatable bonds is 4. The van der Waals surface area contributed by atoms with Gasteiger partial charge in [-0.2, -0.15) is 15.3 Å². The number of nitrogens with zero attached hydrogens (tertiary/aromatic N) is 4. The van der Waals surface area contributed by atoms with Gasteiger partial charge in [-0.25, -0.2) is 0 Å². The summed E-state index contributed by atoms with van der Waals surface area (Å²) in [7, 11) is 1.65. The van der Waals surface area contributed by atoms with Crippen molar-refractivity contribution in [1.82, 2.24) is 14.8 Å². The van der Waals surface area contributed by atoms with Crippen LogP contribution in [-0.4, -0.2) is 21.9 Å². The SMILES string of the molecule is COc1ccc(Cn2cc3c(n2)CC=CC=C3c2nc(C#N)c(Br)o2)cc1. The highest BCUT2D eigenvalue weighted by molar-refractivity contribution is 9.10. The average molecular weight is 423 g/mol. The van der Waals surface area contributed by atoms with Crippen LogP contribution < -0.4 is 4.74 Å². The molecule has 27 heavy (non-hydrogen) atoms. The number of oxazole rings is 1. The third kappa shape index (κ3) is 3.44. The molecule has 1 aromatic carbocycles. The number of ether oxygens (including phenoxy) is 1. The van der Waals surface area contributed by atoms with Gasteiger partial charge in [-0.3, -0.25) is 4.68 Å². The van der Waals surface area contributed by atoms with Crippen LogP contribution in [0.1, 0.15) is 28.4 Å². The molecule has 0 radical (unpaired) electrons. The largest absolute Gasteiger partial charge is 0.497 e. The van der Waals surface area contributed by atoms with Gasteiger partial charge in [-0.15, -0.1) is 0 Å². The van der Waals surface area contributed by atoms with E-state index >= 15 is 0 Å². The minimum Gasteiger partial charge on any atom is -0.497 e. The number of hydrogen-bond donors (Lipinski definition) is 0. The number of methoxy groups -OCH3 is 1. The third-order valence-electron chi connectivity index (χ3n) is 4.26. The summed E-state index contributed by atoms with van der Waals surface area (Å²) in [6.07, 6.45) is 8.64. The van der Waals surface area contributed by atoms with Gasteiger partial charge in [0, 0.05) is 23.8 Å². The molecule has 0 N–H and O–H groups in total. The highest BCUT2D eigenvalue weighted by atomic mass is 79.9. The van der Waals surface area contributed by atoms with Crippen LogP contribution in [-0.2, 0) is 13.0 Å². The van der Waals surface area contributed by atoms with Crippen molar-refractivity contribution < 1.29 is 9.15 Å². The Labute approximate surface area is 164 Å². The van der Waals surface area contributed by atoms with Gasteiger partial charge in [-0.1, -0.05) is 24.3 Å². The highest BCUT2D eigenvalue weighted by Gasteiger charge is 2.21. The van der Waals surface area contributed by atoms with Crippen LogP contribution >= 0.6 is 15.9 Å². The molecule has 0 amide bonds. The van der Waals surface area contributed by atoms with E-state index in [0.29, 0.717) is 17.1 Å². The molecular formula is C20H15BrN4O2. The van der Waals surface area contributed by atoms with E-state index in [1.54, 1.807) is 7.11 Å². The topological polar surface area (TPSA) is 76.9 Å². The van der Waals surface area contributed by atoms with Crippen molar-refractivity contribution in [3.8, 4) is 11.8 Å². The summed E-state index contributed by atoms with van der Waals surface area (Å²) in [5.74, 6) is 1.23. The molecule has 2 aromatic heterocycles. The minimum atomic E-state index is 0.228. The van der Waals surface area contributed by atoms with Gasteiger partial charge in [0.25, 0.3) is 0 Å². The van der Waals surface area contributed by atoms with E-state index in [1.165, 1.54) is 0 Å². The maximum atomic E-state index is 9.13. The highest BCUT2D eigenvalue weighted by Crippen LogP contribution is 2.31.